The van der Waals surface area contributed by atoms with Crippen molar-refractivity contribution in [2.45, 2.75) is 25.3 Å². The minimum atomic E-state index is -2.65. The molecule has 88 valence electrons. The van der Waals surface area contributed by atoms with Crippen LogP contribution in [0.4, 0.5) is 13.2 Å². The standard InChI is InChI=1S/C12H14F3N/c1-8-7-16-11(6-12(8,14)15)9-2-4-10(13)5-3-9/h2-5,8,11,16H,6-7H2,1H3/t8-,11-/m0/s1. The van der Waals surface area contributed by atoms with Gasteiger partial charge in [-0.2, -0.15) is 0 Å². The maximum atomic E-state index is 13.5. The van der Waals surface area contributed by atoms with Crippen molar-refractivity contribution in [2.24, 2.45) is 5.92 Å². The van der Waals surface area contributed by atoms with Crippen LogP contribution in [0, 0.1) is 11.7 Å². The third-order valence-corrected chi connectivity index (χ3v) is 3.14. The quantitative estimate of drug-likeness (QED) is 0.780. The van der Waals surface area contributed by atoms with Crippen molar-refractivity contribution in [2.75, 3.05) is 6.54 Å². The molecule has 2 rings (SSSR count). The molecular formula is C12H14F3N. The van der Waals surface area contributed by atoms with Gasteiger partial charge in [0.05, 0.1) is 0 Å². The molecule has 1 heterocycles. The summed E-state index contributed by atoms with van der Waals surface area (Å²) in [5.74, 6) is -3.64. The van der Waals surface area contributed by atoms with Gasteiger partial charge in [-0.15, -0.1) is 0 Å². The highest BCUT2D eigenvalue weighted by molar-refractivity contribution is 5.21. The average molecular weight is 229 g/mol. The Morgan fingerprint density at radius 1 is 1.25 bits per heavy atom. The second-order valence-corrected chi connectivity index (χ2v) is 4.38. The maximum Gasteiger partial charge on any atom is 0.253 e. The van der Waals surface area contributed by atoms with E-state index in [1.165, 1.54) is 19.1 Å². The molecule has 0 saturated carbocycles. The number of hydrogen-bond acceptors (Lipinski definition) is 1. The number of benzene rings is 1. The van der Waals surface area contributed by atoms with Crippen LogP contribution >= 0.6 is 0 Å². The molecule has 4 heteroatoms. The van der Waals surface area contributed by atoms with E-state index >= 15 is 0 Å². The van der Waals surface area contributed by atoms with Crippen LogP contribution in [0.1, 0.15) is 24.9 Å². The molecule has 1 N–H and O–H groups in total. The summed E-state index contributed by atoms with van der Waals surface area (Å²) in [5, 5.41) is 3.06. The molecule has 1 aliphatic rings. The van der Waals surface area contributed by atoms with Crippen LogP contribution in [0.2, 0.25) is 0 Å². The topological polar surface area (TPSA) is 12.0 Å². The third-order valence-electron chi connectivity index (χ3n) is 3.14. The Kier molecular flexibility index (Phi) is 2.93. The van der Waals surface area contributed by atoms with E-state index in [2.05, 4.69) is 5.32 Å². The highest BCUT2D eigenvalue weighted by Crippen LogP contribution is 2.37. The van der Waals surface area contributed by atoms with Gasteiger partial charge >= 0.3 is 0 Å². The maximum absolute atomic E-state index is 13.5. The molecule has 1 saturated heterocycles. The normalized spacial score (nSPS) is 29.0. The molecule has 1 aromatic carbocycles. The second kappa shape index (κ2) is 4.09. The Hall–Kier alpha value is -1.03. The molecule has 0 aromatic heterocycles. The molecule has 0 amide bonds. The summed E-state index contributed by atoms with van der Waals surface area (Å²) in [6.07, 6.45) is -0.222. The number of rotatable bonds is 1. The fraction of sp³-hybridized carbons (Fsp3) is 0.500. The van der Waals surface area contributed by atoms with Gasteiger partial charge in [-0.1, -0.05) is 19.1 Å². The third kappa shape index (κ3) is 2.21. The minimum absolute atomic E-state index is 0.222. The van der Waals surface area contributed by atoms with Gasteiger partial charge in [-0.05, 0) is 17.7 Å². The molecule has 0 spiro atoms. The summed E-state index contributed by atoms with van der Waals surface area (Å²) in [6, 6.07) is 5.32. The smallest absolute Gasteiger partial charge is 0.253 e. The molecule has 1 fully saturated rings. The predicted molar refractivity (Wildman–Crippen MR) is 55.9 cm³/mol. The number of hydrogen-bond donors (Lipinski definition) is 1. The summed E-state index contributed by atoms with van der Waals surface area (Å²) in [6.45, 7) is 1.82. The molecule has 1 aromatic rings. The van der Waals surface area contributed by atoms with Crippen LogP contribution in [0.15, 0.2) is 24.3 Å². The van der Waals surface area contributed by atoms with E-state index in [4.69, 9.17) is 0 Å². The molecule has 0 bridgehead atoms. The molecule has 1 aliphatic heterocycles. The van der Waals surface area contributed by atoms with Crippen LogP contribution in [0.5, 0.6) is 0 Å². The summed E-state index contributed by atoms with van der Waals surface area (Å²) in [5.41, 5.74) is 0.716. The summed E-state index contributed by atoms with van der Waals surface area (Å²) in [7, 11) is 0. The number of alkyl halides is 2. The van der Waals surface area contributed by atoms with Crippen LogP contribution < -0.4 is 5.32 Å². The van der Waals surface area contributed by atoms with Crippen LogP contribution in [0.3, 0.4) is 0 Å². The van der Waals surface area contributed by atoms with Gasteiger partial charge in [0.15, 0.2) is 0 Å². The van der Waals surface area contributed by atoms with Crippen molar-refractivity contribution in [3.8, 4) is 0 Å². The number of piperidine rings is 1. The average Bonchev–Trinajstić information content (AvgIpc) is 2.23. The lowest BCUT2D eigenvalue weighted by molar-refractivity contribution is -0.0841. The Morgan fingerprint density at radius 2 is 1.88 bits per heavy atom. The van der Waals surface area contributed by atoms with Crippen molar-refractivity contribution in [3.63, 3.8) is 0 Å². The van der Waals surface area contributed by atoms with Crippen molar-refractivity contribution in [3.05, 3.63) is 35.6 Å². The van der Waals surface area contributed by atoms with Crippen molar-refractivity contribution in [1.29, 1.82) is 0 Å². The number of halogens is 3. The molecule has 0 unspecified atom stereocenters. The zero-order chi connectivity index (χ0) is 11.8. The summed E-state index contributed by atoms with van der Waals surface area (Å²) in [4.78, 5) is 0. The van der Waals surface area contributed by atoms with Crippen LogP contribution in [-0.4, -0.2) is 12.5 Å². The van der Waals surface area contributed by atoms with E-state index in [1.54, 1.807) is 12.1 Å². The molecule has 0 aliphatic carbocycles. The zero-order valence-corrected chi connectivity index (χ0v) is 9.01. The van der Waals surface area contributed by atoms with E-state index in [-0.39, 0.29) is 24.8 Å². The van der Waals surface area contributed by atoms with Gasteiger partial charge < -0.3 is 5.32 Å². The van der Waals surface area contributed by atoms with E-state index in [0.29, 0.717) is 5.56 Å². The van der Waals surface area contributed by atoms with Crippen LogP contribution in [-0.2, 0) is 0 Å². The van der Waals surface area contributed by atoms with Gasteiger partial charge in [0.25, 0.3) is 5.92 Å². The van der Waals surface area contributed by atoms with Gasteiger partial charge in [0.2, 0.25) is 0 Å². The minimum Gasteiger partial charge on any atom is -0.309 e. The van der Waals surface area contributed by atoms with Crippen LogP contribution in [0.25, 0.3) is 0 Å². The fourth-order valence-electron chi connectivity index (χ4n) is 1.94. The first kappa shape index (κ1) is 11.5. The Bertz CT molecular complexity index is 361. The number of nitrogens with one attached hydrogen (secondary N) is 1. The van der Waals surface area contributed by atoms with Gasteiger partial charge in [0, 0.05) is 24.9 Å². The van der Waals surface area contributed by atoms with Crippen molar-refractivity contribution < 1.29 is 13.2 Å². The van der Waals surface area contributed by atoms with Gasteiger partial charge in [-0.25, -0.2) is 13.2 Å². The van der Waals surface area contributed by atoms with Gasteiger partial charge in [0.1, 0.15) is 5.82 Å². The summed E-state index contributed by atoms with van der Waals surface area (Å²) < 4.78 is 39.7. The molecule has 1 nitrogen and oxygen atoms in total. The van der Waals surface area contributed by atoms with Crippen molar-refractivity contribution in [1.82, 2.24) is 5.32 Å². The Labute approximate surface area is 92.7 Å². The van der Waals surface area contributed by atoms with E-state index in [9.17, 15) is 13.2 Å². The Morgan fingerprint density at radius 3 is 2.44 bits per heavy atom. The SMILES string of the molecule is C[C@H]1CN[C@H](c2ccc(F)cc2)CC1(F)F. The van der Waals surface area contributed by atoms with E-state index in [1.807, 2.05) is 0 Å². The molecular weight excluding hydrogens is 215 g/mol. The second-order valence-electron chi connectivity index (χ2n) is 4.38. The summed E-state index contributed by atoms with van der Waals surface area (Å²) >= 11 is 0. The molecule has 2 atom stereocenters. The molecule has 16 heavy (non-hydrogen) atoms. The fourth-order valence-corrected chi connectivity index (χ4v) is 1.94. The van der Waals surface area contributed by atoms with E-state index in [0.717, 1.165) is 0 Å². The van der Waals surface area contributed by atoms with Gasteiger partial charge in [-0.3, -0.25) is 0 Å². The lowest BCUT2D eigenvalue weighted by Gasteiger charge is -2.35. The Balaban J connectivity index is 2.14. The van der Waals surface area contributed by atoms with Crippen molar-refractivity contribution >= 4 is 0 Å². The lowest BCUT2D eigenvalue weighted by Crippen LogP contribution is -2.44. The molecule has 0 radical (unpaired) electrons. The largest absolute Gasteiger partial charge is 0.309 e. The lowest BCUT2D eigenvalue weighted by atomic mass is 9.88. The zero-order valence-electron chi connectivity index (χ0n) is 9.01. The first-order valence-electron chi connectivity index (χ1n) is 5.36. The first-order valence-corrected chi connectivity index (χ1v) is 5.36. The van der Waals surface area contributed by atoms with E-state index < -0.39 is 11.8 Å². The monoisotopic (exact) mass is 229 g/mol. The highest BCUT2D eigenvalue weighted by Gasteiger charge is 2.42. The highest BCUT2D eigenvalue weighted by atomic mass is 19.3. The predicted octanol–water partition coefficient (Wildman–Crippen LogP) is 3.13. The first-order chi connectivity index (χ1) is 7.49.